The van der Waals surface area contributed by atoms with E-state index >= 15 is 0 Å². The summed E-state index contributed by atoms with van der Waals surface area (Å²) in [5.41, 5.74) is 7.31. The fraction of sp³-hybridized carbons (Fsp3) is 0.588. The molecule has 0 radical (unpaired) electrons. The molecule has 0 aliphatic heterocycles. The SMILES string of the molecule is CC(C)OC(=O)C(CC(c1ccccc1)C(C)N)N(C)C. The molecule has 4 nitrogen and oxygen atoms in total. The average molecular weight is 292 g/mol. The molecule has 0 heterocycles. The molecule has 0 aromatic heterocycles. The molecule has 2 N–H and O–H groups in total. The van der Waals surface area contributed by atoms with E-state index in [4.69, 9.17) is 10.5 Å². The zero-order valence-corrected chi connectivity index (χ0v) is 13.7. The Labute approximate surface area is 128 Å². The maximum atomic E-state index is 12.3. The molecule has 4 heteroatoms. The number of benzene rings is 1. The van der Waals surface area contributed by atoms with E-state index in [-0.39, 0.29) is 30.1 Å². The maximum Gasteiger partial charge on any atom is 0.323 e. The second-order valence-corrected chi connectivity index (χ2v) is 6.08. The van der Waals surface area contributed by atoms with E-state index in [1.807, 2.05) is 58.0 Å². The van der Waals surface area contributed by atoms with Crippen molar-refractivity contribution < 1.29 is 9.53 Å². The fourth-order valence-electron chi connectivity index (χ4n) is 2.42. The number of esters is 1. The number of nitrogens with two attached hydrogens (primary N) is 1. The topological polar surface area (TPSA) is 55.6 Å². The predicted octanol–water partition coefficient (Wildman–Crippen LogP) is 2.39. The molecule has 0 amide bonds. The third-order valence-electron chi connectivity index (χ3n) is 3.59. The van der Waals surface area contributed by atoms with Gasteiger partial charge in [-0.05, 0) is 46.9 Å². The third-order valence-corrected chi connectivity index (χ3v) is 3.59. The van der Waals surface area contributed by atoms with Crippen LogP contribution in [0.5, 0.6) is 0 Å². The van der Waals surface area contributed by atoms with E-state index in [1.54, 1.807) is 0 Å². The Morgan fingerprint density at radius 2 is 1.76 bits per heavy atom. The minimum absolute atomic E-state index is 0.0262. The summed E-state index contributed by atoms with van der Waals surface area (Å²) >= 11 is 0. The lowest BCUT2D eigenvalue weighted by Crippen LogP contribution is -2.41. The molecule has 0 aliphatic rings. The Kier molecular flexibility index (Phi) is 6.85. The van der Waals surface area contributed by atoms with Crippen LogP contribution in [0.2, 0.25) is 0 Å². The maximum absolute atomic E-state index is 12.3. The van der Waals surface area contributed by atoms with Gasteiger partial charge in [-0.2, -0.15) is 0 Å². The molecule has 0 fully saturated rings. The Morgan fingerprint density at radius 1 is 1.19 bits per heavy atom. The van der Waals surface area contributed by atoms with Crippen molar-refractivity contribution in [1.82, 2.24) is 4.90 Å². The van der Waals surface area contributed by atoms with E-state index in [2.05, 4.69) is 12.1 Å². The molecular formula is C17H28N2O2. The number of ether oxygens (including phenoxy) is 1. The van der Waals surface area contributed by atoms with Gasteiger partial charge in [0.25, 0.3) is 0 Å². The summed E-state index contributed by atoms with van der Waals surface area (Å²) < 4.78 is 5.37. The van der Waals surface area contributed by atoms with Crippen molar-refractivity contribution in [2.45, 2.75) is 51.3 Å². The summed E-state index contributed by atoms with van der Waals surface area (Å²) in [5.74, 6) is -0.0603. The van der Waals surface area contributed by atoms with Crippen LogP contribution in [0.25, 0.3) is 0 Å². The highest BCUT2D eigenvalue weighted by atomic mass is 16.5. The summed E-state index contributed by atoms with van der Waals surface area (Å²) in [5, 5.41) is 0. The van der Waals surface area contributed by atoms with Crippen molar-refractivity contribution in [3.63, 3.8) is 0 Å². The second-order valence-electron chi connectivity index (χ2n) is 6.08. The Hall–Kier alpha value is -1.39. The van der Waals surface area contributed by atoms with Gasteiger partial charge in [0, 0.05) is 12.0 Å². The number of rotatable bonds is 7. The smallest absolute Gasteiger partial charge is 0.323 e. The number of hydrogen-bond acceptors (Lipinski definition) is 4. The number of likely N-dealkylation sites (N-methyl/N-ethyl adjacent to an activating group) is 1. The summed E-state index contributed by atoms with van der Waals surface area (Å²) in [7, 11) is 3.80. The van der Waals surface area contributed by atoms with Crippen LogP contribution in [0.1, 0.15) is 38.7 Å². The first-order valence-electron chi connectivity index (χ1n) is 7.50. The normalized spacial score (nSPS) is 15.8. The van der Waals surface area contributed by atoms with Crippen molar-refractivity contribution in [2.75, 3.05) is 14.1 Å². The van der Waals surface area contributed by atoms with Crippen LogP contribution >= 0.6 is 0 Å². The number of nitrogens with zero attached hydrogens (tertiary/aromatic N) is 1. The van der Waals surface area contributed by atoms with Crippen molar-refractivity contribution in [3.8, 4) is 0 Å². The molecule has 118 valence electrons. The first-order valence-corrected chi connectivity index (χ1v) is 7.50. The van der Waals surface area contributed by atoms with Crippen LogP contribution in [0.3, 0.4) is 0 Å². The van der Waals surface area contributed by atoms with Crippen LogP contribution in [0.15, 0.2) is 30.3 Å². The molecule has 0 saturated heterocycles. The fourth-order valence-corrected chi connectivity index (χ4v) is 2.42. The molecule has 1 aromatic carbocycles. The van der Waals surface area contributed by atoms with Crippen LogP contribution in [-0.4, -0.2) is 43.2 Å². The largest absolute Gasteiger partial charge is 0.462 e. The second kappa shape index (κ2) is 8.15. The first-order chi connectivity index (χ1) is 9.82. The lowest BCUT2D eigenvalue weighted by molar-refractivity contribution is -0.153. The zero-order chi connectivity index (χ0) is 16.0. The summed E-state index contributed by atoms with van der Waals surface area (Å²) in [6.45, 7) is 5.72. The highest BCUT2D eigenvalue weighted by molar-refractivity contribution is 5.76. The quantitative estimate of drug-likeness (QED) is 0.784. The molecule has 1 aromatic rings. The molecule has 1 rings (SSSR count). The van der Waals surface area contributed by atoms with E-state index in [0.29, 0.717) is 6.42 Å². The first kappa shape index (κ1) is 17.7. The molecule has 21 heavy (non-hydrogen) atoms. The molecule has 3 unspecified atom stereocenters. The molecule has 0 bridgehead atoms. The van der Waals surface area contributed by atoms with Gasteiger partial charge in [-0.3, -0.25) is 9.69 Å². The van der Waals surface area contributed by atoms with Crippen LogP contribution < -0.4 is 5.73 Å². The average Bonchev–Trinajstić information content (AvgIpc) is 2.38. The van der Waals surface area contributed by atoms with Gasteiger partial charge in [-0.1, -0.05) is 30.3 Å². The van der Waals surface area contributed by atoms with Gasteiger partial charge in [-0.15, -0.1) is 0 Å². The van der Waals surface area contributed by atoms with Crippen LogP contribution in [0.4, 0.5) is 0 Å². The van der Waals surface area contributed by atoms with Crippen molar-refractivity contribution >= 4 is 5.97 Å². The van der Waals surface area contributed by atoms with Gasteiger partial charge in [0.15, 0.2) is 0 Å². The zero-order valence-electron chi connectivity index (χ0n) is 13.7. The van der Waals surface area contributed by atoms with Gasteiger partial charge in [0.2, 0.25) is 0 Å². The minimum atomic E-state index is -0.288. The highest BCUT2D eigenvalue weighted by Gasteiger charge is 2.29. The van der Waals surface area contributed by atoms with Gasteiger partial charge >= 0.3 is 5.97 Å². The van der Waals surface area contributed by atoms with E-state index in [0.717, 1.165) is 5.56 Å². The molecular weight excluding hydrogens is 264 g/mol. The minimum Gasteiger partial charge on any atom is -0.462 e. The lowest BCUT2D eigenvalue weighted by Gasteiger charge is -2.29. The summed E-state index contributed by atoms with van der Waals surface area (Å²) in [4.78, 5) is 14.2. The van der Waals surface area contributed by atoms with E-state index < -0.39 is 0 Å². The number of carbonyl (C=O) groups is 1. The van der Waals surface area contributed by atoms with Gasteiger partial charge in [-0.25, -0.2) is 0 Å². The van der Waals surface area contributed by atoms with Gasteiger partial charge in [0.1, 0.15) is 6.04 Å². The number of hydrogen-bond donors (Lipinski definition) is 1. The van der Waals surface area contributed by atoms with E-state index in [9.17, 15) is 4.79 Å². The summed E-state index contributed by atoms with van der Waals surface area (Å²) in [6, 6.07) is 9.80. The Morgan fingerprint density at radius 3 is 2.19 bits per heavy atom. The van der Waals surface area contributed by atoms with Crippen molar-refractivity contribution in [3.05, 3.63) is 35.9 Å². The molecule has 3 atom stereocenters. The van der Waals surface area contributed by atoms with Crippen molar-refractivity contribution in [2.24, 2.45) is 5.73 Å². The Balaban J connectivity index is 2.91. The standard InChI is InChI=1S/C17H28N2O2/c1-12(2)21-17(20)16(19(4)5)11-15(13(3)18)14-9-7-6-8-10-14/h6-10,12-13,15-16H,11,18H2,1-5H3. The molecule has 0 aliphatic carbocycles. The summed E-state index contributed by atoms with van der Waals surface area (Å²) in [6.07, 6.45) is 0.547. The van der Waals surface area contributed by atoms with Crippen LogP contribution in [-0.2, 0) is 9.53 Å². The third kappa shape index (κ3) is 5.48. The molecule has 0 saturated carbocycles. The lowest BCUT2D eigenvalue weighted by atomic mass is 9.86. The number of carbonyl (C=O) groups excluding carboxylic acids is 1. The highest BCUT2D eigenvalue weighted by Crippen LogP contribution is 2.26. The van der Waals surface area contributed by atoms with Gasteiger partial charge < -0.3 is 10.5 Å². The Bertz CT molecular complexity index is 430. The van der Waals surface area contributed by atoms with E-state index in [1.165, 1.54) is 0 Å². The van der Waals surface area contributed by atoms with Crippen LogP contribution in [0, 0.1) is 0 Å². The van der Waals surface area contributed by atoms with Crippen molar-refractivity contribution in [1.29, 1.82) is 0 Å². The predicted molar refractivity (Wildman–Crippen MR) is 86.2 cm³/mol. The monoisotopic (exact) mass is 292 g/mol. The molecule has 0 spiro atoms. The van der Waals surface area contributed by atoms with Gasteiger partial charge in [0.05, 0.1) is 6.10 Å².